The SMILES string of the molecule is CCNC(=O)C1COCCN1Cc1ccc(N)cc1Cl. The predicted octanol–water partition coefficient (Wildman–Crippen LogP) is 1.26. The molecule has 5 nitrogen and oxygen atoms in total. The Bertz CT molecular complexity index is 481. The van der Waals surface area contributed by atoms with E-state index < -0.39 is 0 Å². The van der Waals surface area contributed by atoms with E-state index in [0.29, 0.717) is 43.6 Å². The average Bonchev–Trinajstić information content (AvgIpc) is 2.43. The zero-order valence-electron chi connectivity index (χ0n) is 11.6. The largest absolute Gasteiger partial charge is 0.399 e. The maximum atomic E-state index is 12.1. The van der Waals surface area contributed by atoms with Crippen molar-refractivity contribution < 1.29 is 9.53 Å². The number of nitrogens with two attached hydrogens (primary N) is 1. The van der Waals surface area contributed by atoms with Crippen molar-refractivity contribution in [3.8, 4) is 0 Å². The fourth-order valence-corrected chi connectivity index (χ4v) is 2.52. The Hall–Kier alpha value is -1.30. The van der Waals surface area contributed by atoms with Gasteiger partial charge in [0.1, 0.15) is 6.04 Å². The Morgan fingerprint density at radius 1 is 1.60 bits per heavy atom. The number of hydrogen-bond acceptors (Lipinski definition) is 4. The quantitative estimate of drug-likeness (QED) is 0.821. The minimum atomic E-state index is -0.266. The number of morpholine rings is 1. The zero-order valence-corrected chi connectivity index (χ0v) is 12.3. The highest BCUT2D eigenvalue weighted by Crippen LogP contribution is 2.22. The summed E-state index contributed by atoms with van der Waals surface area (Å²) in [6.45, 7) is 4.89. The third kappa shape index (κ3) is 3.62. The smallest absolute Gasteiger partial charge is 0.239 e. The number of nitrogens with one attached hydrogen (secondary N) is 1. The Balaban J connectivity index is 2.10. The van der Waals surface area contributed by atoms with E-state index in [9.17, 15) is 4.79 Å². The number of anilines is 1. The molecule has 0 spiro atoms. The van der Waals surface area contributed by atoms with E-state index in [1.807, 2.05) is 19.1 Å². The molecule has 1 heterocycles. The topological polar surface area (TPSA) is 67.6 Å². The van der Waals surface area contributed by atoms with E-state index in [0.717, 1.165) is 5.56 Å². The molecule has 2 rings (SSSR count). The molecule has 1 unspecified atom stereocenters. The fourth-order valence-electron chi connectivity index (χ4n) is 2.27. The van der Waals surface area contributed by atoms with Crippen LogP contribution in [0.3, 0.4) is 0 Å². The minimum absolute atomic E-state index is 0.00114. The Kier molecular flexibility index (Phi) is 5.23. The van der Waals surface area contributed by atoms with E-state index in [-0.39, 0.29) is 11.9 Å². The molecular formula is C14H20ClN3O2. The van der Waals surface area contributed by atoms with Crippen molar-refractivity contribution in [1.82, 2.24) is 10.2 Å². The summed E-state index contributed by atoms with van der Waals surface area (Å²) in [5, 5.41) is 3.47. The predicted molar refractivity (Wildman–Crippen MR) is 79.6 cm³/mol. The molecule has 0 aromatic heterocycles. The molecule has 0 saturated carbocycles. The summed E-state index contributed by atoms with van der Waals surface area (Å²) in [7, 11) is 0. The van der Waals surface area contributed by atoms with Crippen LogP contribution < -0.4 is 11.1 Å². The molecule has 1 aliphatic rings. The van der Waals surface area contributed by atoms with Gasteiger partial charge in [0, 0.05) is 30.3 Å². The first kappa shape index (κ1) is 15.1. The first-order valence-corrected chi connectivity index (χ1v) is 7.13. The number of nitrogens with zero attached hydrogens (tertiary/aromatic N) is 1. The second kappa shape index (κ2) is 6.92. The number of likely N-dealkylation sites (N-methyl/N-ethyl adjacent to an activating group) is 1. The van der Waals surface area contributed by atoms with Crippen molar-refractivity contribution in [2.45, 2.75) is 19.5 Å². The van der Waals surface area contributed by atoms with Crippen LogP contribution in [0.1, 0.15) is 12.5 Å². The van der Waals surface area contributed by atoms with E-state index in [4.69, 9.17) is 22.1 Å². The lowest BCUT2D eigenvalue weighted by atomic mass is 10.1. The van der Waals surface area contributed by atoms with E-state index in [2.05, 4.69) is 10.2 Å². The molecule has 1 aliphatic heterocycles. The second-order valence-corrected chi connectivity index (χ2v) is 5.21. The Labute approximate surface area is 124 Å². The van der Waals surface area contributed by atoms with E-state index in [1.54, 1.807) is 6.07 Å². The number of rotatable bonds is 4. The first-order chi connectivity index (χ1) is 9.61. The van der Waals surface area contributed by atoms with Crippen LogP contribution in [0.15, 0.2) is 18.2 Å². The van der Waals surface area contributed by atoms with Crippen LogP contribution in [-0.2, 0) is 16.1 Å². The molecule has 20 heavy (non-hydrogen) atoms. The highest BCUT2D eigenvalue weighted by atomic mass is 35.5. The summed E-state index contributed by atoms with van der Waals surface area (Å²) in [4.78, 5) is 14.1. The molecule has 1 atom stereocenters. The van der Waals surface area contributed by atoms with Gasteiger partial charge in [0.05, 0.1) is 13.2 Å². The number of nitrogen functional groups attached to an aromatic ring is 1. The van der Waals surface area contributed by atoms with Gasteiger partial charge < -0.3 is 15.8 Å². The minimum Gasteiger partial charge on any atom is -0.399 e. The zero-order chi connectivity index (χ0) is 14.5. The molecule has 1 saturated heterocycles. The van der Waals surface area contributed by atoms with Crippen LogP contribution in [0.5, 0.6) is 0 Å². The van der Waals surface area contributed by atoms with Crippen LogP contribution in [0, 0.1) is 0 Å². The third-order valence-electron chi connectivity index (χ3n) is 3.34. The average molecular weight is 298 g/mol. The standard InChI is InChI=1S/C14H20ClN3O2/c1-2-17-14(19)13-9-20-6-5-18(13)8-10-3-4-11(16)7-12(10)15/h3-4,7,13H,2,5-6,8-9,16H2,1H3,(H,17,19). The van der Waals surface area contributed by atoms with Gasteiger partial charge in [-0.1, -0.05) is 17.7 Å². The van der Waals surface area contributed by atoms with Gasteiger partial charge in [0.15, 0.2) is 0 Å². The molecule has 1 aromatic carbocycles. The molecule has 6 heteroatoms. The van der Waals surface area contributed by atoms with Gasteiger partial charge in [-0.2, -0.15) is 0 Å². The molecule has 3 N–H and O–H groups in total. The van der Waals surface area contributed by atoms with Crippen molar-refractivity contribution in [3.63, 3.8) is 0 Å². The lowest BCUT2D eigenvalue weighted by molar-refractivity contribution is -0.132. The van der Waals surface area contributed by atoms with Crippen LogP contribution in [0.25, 0.3) is 0 Å². The van der Waals surface area contributed by atoms with Crippen molar-refractivity contribution in [2.75, 3.05) is 32.0 Å². The number of benzene rings is 1. The highest BCUT2D eigenvalue weighted by Gasteiger charge is 2.29. The van der Waals surface area contributed by atoms with Crippen molar-refractivity contribution in [3.05, 3.63) is 28.8 Å². The summed E-state index contributed by atoms with van der Waals surface area (Å²) >= 11 is 6.20. The molecule has 0 bridgehead atoms. The van der Waals surface area contributed by atoms with Crippen LogP contribution in [0.2, 0.25) is 5.02 Å². The maximum Gasteiger partial charge on any atom is 0.239 e. The normalized spacial score (nSPS) is 19.8. The number of amides is 1. The molecular weight excluding hydrogens is 278 g/mol. The Morgan fingerprint density at radius 2 is 2.40 bits per heavy atom. The first-order valence-electron chi connectivity index (χ1n) is 6.75. The van der Waals surface area contributed by atoms with E-state index >= 15 is 0 Å². The monoisotopic (exact) mass is 297 g/mol. The Morgan fingerprint density at radius 3 is 3.10 bits per heavy atom. The fraction of sp³-hybridized carbons (Fsp3) is 0.500. The molecule has 0 aliphatic carbocycles. The summed E-state index contributed by atoms with van der Waals surface area (Å²) < 4.78 is 5.41. The number of carbonyl (C=O) groups is 1. The van der Waals surface area contributed by atoms with Crippen molar-refractivity contribution in [2.24, 2.45) is 0 Å². The van der Waals surface area contributed by atoms with E-state index in [1.165, 1.54) is 0 Å². The molecule has 1 fully saturated rings. The van der Waals surface area contributed by atoms with Gasteiger partial charge in [-0.15, -0.1) is 0 Å². The molecule has 110 valence electrons. The number of carbonyl (C=O) groups excluding carboxylic acids is 1. The van der Waals surface area contributed by atoms with Crippen molar-refractivity contribution >= 4 is 23.2 Å². The summed E-state index contributed by atoms with van der Waals surface area (Å²) in [5.41, 5.74) is 7.30. The van der Waals surface area contributed by atoms with Gasteiger partial charge in [0.2, 0.25) is 5.91 Å². The highest BCUT2D eigenvalue weighted by molar-refractivity contribution is 6.31. The van der Waals surface area contributed by atoms with Gasteiger partial charge in [-0.3, -0.25) is 9.69 Å². The maximum absolute atomic E-state index is 12.1. The van der Waals surface area contributed by atoms with Crippen molar-refractivity contribution in [1.29, 1.82) is 0 Å². The summed E-state index contributed by atoms with van der Waals surface area (Å²) in [6, 6.07) is 5.20. The van der Waals surface area contributed by atoms with Crippen LogP contribution in [-0.4, -0.2) is 43.2 Å². The lowest BCUT2D eigenvalue weighted by Gasteiger charge is -2.34. The van der Waals surface area contributed by atoms with Crippen LogP contribution in [0.4, 0.5) is 5.69 Å². The third-order valence-corrected chi connectivity index (χ3v) is 3.70. The summed E-state index contributed by atoms with van der Waals surface area (Å²) in [6.07, 6.45) is 0. The van der Waals surface area contributed by atoms with Gasteiger partial charge in [-0.05, 0) is 24.6 Å². The van der Waals surface area contributed by atoms with Gasteiger partial charge in [0.25, 0.3) is 0 Å². The summed E-state index contributed by atoms with van der Waals surface area (Å²) in [5.74, 6) is -0.00114. The lowest BCUT2D eigenvalue weighted by Crippen LogP contribution is -2.53. The van der Waals surface area contributed by atoms with Gasteiger partial charge in [-0.25, -0.2) is 0 Å². The number of ether oxygens (including phenoxy) is 1. The number of hydrogen-bond donors (Lipinski definition) is 2. The van der Waals surface area contributed by atoms with Gasteiger partial charge >= 0.3 is 0 Å². The molecule has 1 aromatic rings. The number of halogens is 1. The molecule has 1 amide bonds. The molecule has 0 radical (unpaired) electrons. The second-order valence-electron chi connectivity index (χ2n) is 4.81. The van der Waals surface area contributed by atoms with Crippen LogP contribution >= 0.6 is 11.6 Å².